The van der Waals surface area contributed by atoms with Crippen molar-refractivity contribution >= 4 is 0 Å². The summed E-state index contributed by atoms with van der Waals surface area (Å²) in [4.78, 5) is 4.84. The van der Waals surface area contributed by atoms with Crippen molar-refractivity contribution in [2.24, 2.45) is 7.05 Å². The zero-order chi connectivity index (χ0) is 15.7. The Hall–Kier alpha value is -1.66. The summed E-state index contributed by atoms with van der Waals surface area (Å²) in [7, 11) is 6.33. The quantitative estimate of drug-likeness (QED) is 0.853. The molecule has 0 aliphatic carbocycles. The Bertz CT molecular complexity index is 626. The summed E-state index contributed by atoms with van der Waals surface area (Å²) in [6.07, 6.45) is 3.04. The van der Waals surface area contributed by atoms with Gasteiger partial charge in [-0.3, -0.25) is 14.3 Å². The van der Waals surface area contributed by atoms with Crippen LogP contribution in [0.2, 0.25) is 0 Å². The van der Waals surface area contributed by atoms with Gasteiger partial charge in [-0.15, -0.1) is 0 Å². The highest BCUT2D eigenvalue weighted by molar-refractivity contribution is 5.10. The second kappa shape index (κ2) is 6.22. The number of likely N-dealkylation sites (N-methyl/N-ethyl adjacent to an activating group) is 1. The molecule has 2 aromatic rings. The Labute approximate surface area is 132 Å². The average molecular weight is 302 g/mol. The van der Waals surface area contributed by atoms with E-state index < -0.39 is 0 Å². The lowest BCUT2D eigenvalue weighted by Gasteiger charge is -2.31. The molecule has 0 radical (unpaired) electrons. The Balaban J connectivity index is 1.83. The second-order valence-corrected chi connectivity index (χ2v) is 6.56. The van der Waals surface area contributed by atoms with Gasteiger partial charge in [-0.05, 0) is 39.6 Å². The van der Waals surface area contributed by atoms with E-state index in [4.69, 9.17) is 0 Å². The van der Waals surface area contributed by atoms with Crippen molar-refractivity contribution in [1.82, 2.24) is 29.4 Å². The van der Waals surface area contributed by atoms with Crippen LogP contribution in [0.15, 0.2) is 18.3 Å². The lowest BCUT2D eigenvalue weighted by Crippen LogP contribution is -2.41. The molecule has 2 aromatic heterocycles. The minimum absolute atomic E-state index is 0.534. The van der Waals surface area contributed by atoms with Crippen LogP contribution in [0.4, 0.5) is 0 Å². The molecule has 6 nitrogen and oxygen atoms in total. The largest absolute Gasteiger partial charge is 0.308 e. The normalized spacial score (nSPS) is 19.4. The molecular weight excluding hydrogens is 276 g/mol. The zero-order valence-electron chi connectivity index (χ0n) is 14.0. The number of hydrogen-bond donors (Lipinski definition) is 0. The van der Waals surface area contributed by atoms with Crippen LogP contribution < -0.4 is 0 Å². The van der Waals surface area contributed by atoms with Gasteiger partial charge in [-0.25, -0.2) is 0 Å². The van der Waals surface area contributed by atoms with Gasteiger partial charge in [0.25, 0.3) is 0 Å². The monoisotopic (exact) mass is 302 g/mol. The molecule has 0 bridgehead atoms. The van der Waals surface area contributed by atoms with Crippen LogP contribution in [0.3, 0.4) is 0 Å². The van der Waals surface area contributed by atoms with Gasteiger partial charge >= 0.3 is 0 Å². The van der Waals surface area contributed by atoms with Crippen molar-refractivity contribution < 1.29 is 0 Å². The number of fused-ring (bicyclic) bond motifs is 1. The Morgan fingerprint density at radius 2 is 2.18 bits per heavy atom. The summed E-state index contributed by atoms with van der Waals surface area (Å²) < 4.78 is 4.15. The third-order valence-corrected chi connectivity index (χ3v) is 4.40. The molecule has 3 rings (SSSR count). The average Bonchev–Trinajstić information content (AvgIpc) is 2.96. The van der Waals surface area contributed by atoms with Gasteiger partial charge in [0.05, 0.1) is 17.1 Å². The van der Waals surface area contributed by atoms with E-state index in [-0.39, 0.29) is 0 Å². The first-order valence-corrected chi connectivity index (χ1v) is 7.92. The van der Waals surface area contributed by atoms with Crippen LogP contribution in [0.25, 0.3) is 0 Å². The van der Waals surface area contributed by atoms with Crippen LogP contribution in [0.1, 0.15) is 23.5 Å². The first kappa shape index (κ1) is 15.2. The fourth-order valence-electron chi connectivity index (χ4n) is 3.32. The predicted molar refractivity (Wildman–Crippen MR) is 86.4 cm³/mol. The standard InChI is InChI=1S/C16H26N6/c1-13-9-16(20(4)18-13)12-21-11-15-5-7-17-22(15)8-6-14(21)10-19(2)3/h5,7,9,14H,6,8,10-12H2,1-4H3/t14-/m0/s1. The van der Waals surface area contributed by atoms with E-state index in [0.29, 0.717) is 6.04 Å². The summed E-state index contributed by atoms with van der Waals surface area (Å²) in [5.74, 6) is 0. The van der Waals surface area contributed by atoms with Crippen molar-refractivity contribution in [2.45, 2.75) is 39.0 Å². The number of rotatable bonds is 4. The van der Waals surface area contributed by atoms with Crippen LogP contribution in [-0.2, 0) is 26.7 Å². The number of hydrogen-bond acceptors (Lipinski definition) is 4. The van der Waals surface area contributed by atoms with E-state index in [0.717, 1.165) is 38.3 Å². The molecule has 1 aliphatic heterocycles. The van der Waals surface area contributed by atoms with Gasteiger partial charge in [0.2, 0.25) is 0 Å². The fraction of sp³-hybridized carbons (Fsp3) is 0.625. The molecule has 0 fully saturated rings. The van der Waals surface area contributed by atoms with Crippen molar-refractivity contribution in [2.75, 3.05) is 20.6 Å². The molecule has 0 amide bonds. The minimum Gasteiger partial charge on any atom is -0.308 e. The van der Waals surface area contributed by atoms with Gasteiger partial charge < -0.3 is 4.90 Å². The van der Waals surface area contributed by atoms with E-state index in [1.54, 1.807) is 0 Å². The highest BCUT2D eigenvalue weighted by Gasteiger charge is 2.25. The topological polar surface area (TPSA) is 42.1 Å². The van der Waals surface area contributed by atoms with E-state index >= 15 is 0 Å². The molecule has 0 unspecified atom stereocenters. The van der Waals surface area contributed by atoms with Crippen molar-refractivity contribution in [3.8, 4) is 0 Å². The van der Waals surface area contributed by atoms with Gasteiger partial charge in [0.1, 0.15) is 0 Å². The van der Waals surface area contributed by atoms with Crippen LogP contribution in [0.5, 0.6) is 0 Å². The van der Waals surface area contributed by atoms with E-state index in [2.05, 4.69) is 57.8 Å². The maximum absolute atomic E-state index is 4.48. The predicted octanol–water partition coefficient (Wildman–Crippen LogP) is 1.26. The van der Waals surface area contributed by atoms with Gasteiger partial charge in [0.15, 0.2) is 0 Å². The van der Waals surface area contributed by atoms with E-state index in [1.165, 1.54) is 11.4 Å². The molecule has 22 heavy (non-hydrogen) atoms. The number of nitrogens with zero attached hydrogens (tertiary/aromatic N) is 6. The third-order valence-electron chi connectivity index (χ3n) is 4.40. The van der Waals surface area contributed by atoms with Gasteiger partial charge in [0, 0.05) is 45.5 Å². The molecule has 120 valence electrons. The molecular formula is C16H26N6. The molecule has 3 heterocycles. The smallest absolute Gasteiger partial charge is 0.0597 e. The molecule has 1 aliphatic rings. The van der Waals surface area contributed by atoms with Gasteiger partial charge in [-0.2, -0.15) is 10.2 Å². The highest BCUT2D eigenvalue weighted by atomic mass is 15.3. The summed E-state index contributed by atoms with van der Waals surface area (Å²) in [6, 6.07) is 4.86. The van der Waals surface area contributed by atoms with Crippen molar-refractivity contribution in [1.29, 1.82) is 0 Å². The van der Waals surface area contributed by atoms with E-state index in [1.807, 2.05) is 17.9 Å². The summed E-state index contributed by atoms with van der Waals surface area (Å²) in [5, 5.41) is 8.93. The molecule has 0 saturated heterocycles. The fourth-order valence-corrected chi connectivity index (χ4v) is 3.32. The lowest BCUT2D eigenvalue weighted by atomic mass is 10.1. The first-order chi connectivity index (χ1) is 10.5. The summed E-state index contributed by atoms with van der Waals surface area (Å²) in [6.45, 7) is 6.01. The van der Waals surface area contributed by atoms with Crippen LogP contribution in [0, 0.1) is 6.92 Å². The van der Waals surface area contributed by atoms with Gasteiger partial charge in [-0.1, -0.05) is 0 Å². The van der Waals surface area contributed by atoms with Crippen LogP contribution in [-0.4, -0.2) is 56.0 Å². The Kier molecular flexibility index (Phi) is 4.31. The summed E-state index contributed by atoms with van der Waals surface area (Å²) >= 11 is 0. The van der Waals surface area contributed by atoms with Crippen LogP contribution >= 0.6 is 0 Å². The third kappa shape index (κ3) is 3.23. The molecule has 0 spiro atoms. The van der Waals surface area contributed by atoms with Crippen molar-refractivity contribution in [3.63, 3.8) is 0 Å². The maximum atomic E-state index is 4.48. The summed E-state index contributed by atoms with van der Waals surface area (Å²) in [5.41, 5.74) is 3.66. The first-order valence-electron chi connectivity index (χ1n) is 7.92. The molecule has 1 atom stereocenters. The Morgan fingerprint density at radius 1 is 1.36 bits per heavy atom. The molecule has 0 N–H and O–H groups in total. The Morgan fingerprint density at radius 3 is 2.86 bits per heavy atom. The number of aryl methyl sites for hydroxylation is 3. The zero-order valence-corrected chi connectivity index (χ0v) is 14.0. The molecule has 6 heteroatoms. The lowest BCUT2D eigenvalue weighted by molar-refractivity contribution is 0.140. The minimum atomic E-state index is 0.534. The van der Waals surface area contributed by atoms with Crippen molar-refractivity contribution in [3.05, 3.63) is 35.4 Å². The second-order valence-electron chi connectivity index (χ2n) is 6.56. The molecule has 0 aromatic carbocycles. The SMILES string of the molecule is Cc1cc(CN2Cc3ccnn3CC[C@H]2CN(C)C)n(C)n1. The van der Waals surface area contributed by atoms with E-state index in [9.17, 15) is 0 Å². The maximum Gasteiger partial charge on any atom is 0.0597 e. The number of aromatic nitrogens is 4. The molecule has 0 saturated carbocycles. The highest BCUT2D eigenvalue weighted by Crippen LogP contribution is 2.20.